The number of aromatic nitrogens is 3. The molecule has 0 unspecified atom stereocenters. The lowest BCUT2D eigenvalue weighted by Crippen LogP contribution is -2.24. The van der Waals surface area contributed by atoms with Gasteiger partial charge in [-0.25, -0.2) is 4.68 Å². The molecule has 6 heteroatoms. The summed E-state index contributed by atoms with van der Waals surface area (Å²) >= 11 is 5.95. The van der Waals surface area contributed by atoms with Gasteiger partial charge < -0.3 is 4.57 Å². The molecule has 5 nitrogen and oxygen atoms in total. The molecule has 0 aliphatic heterocycles. The molecule has 0 aliphatic rings. The van der Waals surface area contributed by atoms with Gasteiger partial charge in [0, 0.05) is 35.8 Å². The minimum Gasteiger partial charge on any atom is -0.344 e. The molecular weight excluding hydrogens is 410 g/mol. The summed E-state index contributed by atoms with van der Waals surface area (Å²) < 4.78 is 3.38. The maximum absolute atomic E-state index is 13.0. The molecule has 0 aliphatic carbocycles. The van der Waals surface area contributed by atoms with E-state index in [2.05, 4.69) is 5.10 Å². The van der Waals surface area contributed by atoms with Crippen LogP contribution in [0.5, 0.6) is 0 Å². The zero-order valence-corrected chi connectivity index (χ0v) is 18.1. The van der Waals surface area contributed by atoms with E-state index in [1.54, 1.807) is 36.4 Å². The molecule has 4 aromatic rings. The first-order chi connectivity index (χ1) is 14.9. The first kappa shape index (κ1) is 20.8. The van der Waals surface area contributed by atoms with Crippen LogP contribution < -0.4 is 5.56 Å². The third-order valence-electron chi connectivity index (χ3n) is 5.30. The van der Waals surface area contributed by atoms with E-state index in [4.69, 9.17) is 11.6 Å². The summed E-state index contributed by atoms with van der Waals surface area (Å²) in [6.07, 6.45) is 0.514. The highest BCUT2D eigenvalue weighted by molar-refractivity contribution is 6.30. The van der Waals surface area contributed by atoms with E-state index < -0.39 is 0 Å². The molecule has 31 heavy (non-hydrogen) atoms. The van der Waals surface area contributed by atoms with E-state index in [1.165, 1.54) is 4.68 Å². The lowest BCUT2D eigenvalue weighted by atomic mass is 10.1. The van der Waals surface area contributed by atoms with Gasteiger partial charge in [0.05, 0.1) is 17.9 Å². The van der Waals surface area contributed by atoms with Gasteiger partial charge >= 0.3 is 0 Å². The molecule has 0 radical (unpaired) electrons. The lowest BCUT2D eigenvalue weighted by molar-refractivity contribution is 0.103. The molecule has 0 amide bonds. The minimum absolute atomic E-state index is 0.0510. The van der Waals surface area contributed by atoms with Crippen molar-refractivity contribution in [2.45, 2.75) is 19.9 Å². The van der Waals surface area contributed by atoms with E-state index in [0.717, 1.165) is 22.5 Å². The van der Waals surface area contributed by atoms with Crippen LogP contribution >= 0.6 is 11.6 Å². The van der Waals surface area contributed by atoms with Crippen molar-refractivity contribution in [1.29, 1.82) is 0 Å². The van der Waals surface area contributed by atoms with Crippen molar-refractivity contribution in [3.63, 3.8) is 0 Å². The summed E-state index contributed by atoms with van der Waals surface area (Å²) in [6, 6.07) is 21.9. The molecule has 0 atom stereocenters. The van der Waals surface area contributed by atoms with Crippen LogP contribution in [0.15, 0.2) is 77.6 Å². The van der Waals surface area contributed by atoms with Crippen molar-refractivity contribution in [3.8, 4) is 0 Å². The van der Waals surface area contributed by atoms with Crippen molar-refractivity contribution < 1.29 is 4.79 Å². The number of carbonyl (C=O) groups is 1. The molecule has 4 rings (SSSR count). The van der Waals surface area contributed by atoms with Gasteiger partial charge in [-0.1, -0.05) is 41.9 Å². The number of rotatable bonds is 6. The lowest BCUT2D eigenvalue weighted by Gasteiger charge is -2.10. The molecule has 0 saturated heterocycles. The SMILES string of the molecule is Cc1cc(Cc2ccc(=O)n(Cc3ccccc3)n2)n(C)c1C(=O)c1ccc(Cl)cc1. The van der Waals surface area contributed by atoms with Crippen molar-refractivity contribution in [1.82, 2.24) is 14.3 Å². The molecule has 156 valence electrons. The second-order valence-electron chi connectivity index (χ2n) is 7.55. The Morgan fingerprint density at radius 1 is 1.00 bits per heavy atom. The van der Waals surface area contributed by atoms with Crippen molar-refractivity contribution >= 4 is 17.4 Å². The third-order valence-corrected chi connectivity index (χ3v) is 5.56. The topological polar surface area (TPSA) is 56.9 Å². The van der Waals surface area contributed by atoms with Crippen LogP contribution in [0.4, 0.5) is 0 Å². The zero-order valence-electron chi connectivity index (χ0n) is 17.4. The number of hydrogen-bond donors (Lipinski definition) is 0. The van der Waals surface area contributed by atoms with Crippen LogP contribution in [0.25, 0.3) is 0 Å². The Labute approximate surface area is 185 Å². The van der Waals surface area contributed by atoms with Crippen LogP contribution in [0.3, 0.4) is 0 Å². The Bertz CT molecular complexity index is 1290. The summed E-state index contributed by atoms with van der Waals surface area (Å²) in [5.74, 6) is -0.0510. The van der Waals surface area contributed by atoms with Crippen LogP contribution in [0.2, 0.25) is 5.02 Å². The van der Waals surface area contributed by atoms with Gasteiger partial charge in [-0.2, -0.15) is 5.10 Å². The molecule has 0 bridgehead atoms. The number of halogens is 1. The average Bonchev–Trinajstić information content (AvgIpc) is 3.04. The predicted molar refractivity (Wildman–Crippen MR) is 122 cm³/mol. The molecule has 2 heterocycles. The largest absolute Gasteiger partial charge is 0.344 e. The first-order valence-corrected chi connectivity index (χ1v) is 10.4. The van der Waals surface area contributed by atoms with Gasteiger partial charge in [-0.3, -0.25) is 9.59 Å². The number of aryl methyl sites for hydroxylation is 1. The molecule has 2 aromatic heterocycles. The van der Waals surface area contributed by atoms with Crippen LogP contribution in [-0.2, 0) is 20.0 Å². The second kappa shape index (κ2) is 8.74. The highest BCUT2D eigenvalue weighted by Gasteiger charge is 2.19. The summed E-state index contributed by atoms with van der Waals surface area (Å²) in [6.45, 7) is 2.34. The quantitative estimate of drug-likeness (QED) is 0.425. The first-order valence-electron chi connectivity index (χ1n) is 9.99. The molecule has 0 saturated carbocycles. The van der Waals surface area contributed by atoms with Crippen LogP contribution in [0, 0.1) is 6.92 Å². The average molecular weight is 432 g/mol. The fourth-order valence-corrected chi connectivity index (χ4v) is 3.83. The van der Waals surface area contributed by atoms with Gasteiger partial charge in [0.25, 0.3) is 5.56 Å². The smallest absolute Gasteiger partial charge is 0.267 e. The van der Waals surface area contributed by atoms with Gasteiger partial charge in [0.15, 0.2) is 0 Å². The van der Waals surface area contributed by atoms with E-state index in [0.29, 0.717) is 29.2 Å². The number of hydrogen-bond acceptors (Lipinski definition) is 3. The van der Waals surface area contributed by atoms with Crippen molar-refractivity contribution in [2.24, 2.45) is 7.05 Å². The van der Waals surface area contributed by atoms with E-state index in [9.17, 15) is 9.59 Å². The minimum atomic E-state index is -0.144. The van der Waals surface area contributed by atoms with Gasteiger partial charge in [-0.05, 0) is 54.4 Å². The number of benzene rings is 2. The predicted octanol–water partition coefficient (Wildman–Crippen LogP) is 4.41. The van der Waals surface area contributed by atoms with E-state index in [-0.39, 0.29) is 11.3 Å². The maximum Gasteiger partial charge on any atom is 0.267 e. The molecule has 2 aromatic carbocycles. The Morgan fingerprint density at radius 3 is 2.42 bits per heavy atom. The van der Waals surface area contributed by atoms with Crippen LogP contribution in [-0.4, -0.2) is 20.1 Å². The molecule has 0 N–H and O–H groups in total. The number of carbonyl (C=O) groups excluding carboxylic acids is 1. The summed E-state index contributed by atoms with van der Waals surface area (Å²) in [5.41, 5.74) is 4.71. The zero-order chi connectivity index (χ0) is 22.0. The Hall–Kier alpha value is -3.44. The van der Waals surface area contributed by atoms with Crippen molar-refractivity contribution in [3.05, 3.63) is 122 Å². The maximum atomic E-state index is 13.0. The highest BCUT2D eigenvalue weighted by Crippen LogP contribution is 2.21. The number of ketones is 1. The molecular formula is C25H22ClN3O2. The highest BCUT2D eigenvalue weighted by atomic mass is 35.5. The fraction of sp³-hybridized carbons (Fsp3) is 0.160. The Morgan fingerprint density at radius 2 is 1.71 bits per heavy atom. The summed E-state index contributed by atoms with van der Waals surface area (Å²) in [7, 11) is 1.88. The Kier molecular flexibility index (Phi) is 5.87. The Balaban J connectivity index is 1.61. The fourth-order valence-electron chi connectivity index (χ4n) is 3.70. The van der Waals surface area contributed by atoms with E-state index >= 15 is 0 Å². The normalized spacial score (nSPS) is 10.9. The molecule has 0 fully saturated rings. The molecule has 0 spiro atoms. The monoisotopic (exact) mass is 431 g/mol. The van der Waals surface area contributed by atoms with Gasteiger partial charge in [-0.15, -0.1) is 0 Å². The summed E-state index contributed by atoms with van der Waals surface area (Å²) in [5, 5.41) is 5.14. The van der Waals surface area contributed by atoms with E-state index in [1.807, 2.05) is 54.9 Å². The van der Waals surface area contributed by atoms with Gasteiger partial charge in [0.2, 0.25) is 5.78 Å². The van der Waals surface area contributed by atoms with Crippen molar-refractivity contribution in [2.75, 3.05) is 0 Å². The van der Waals surface area contributed by atoms with Crippen LogP contribution in [0.1, 0.15) is 38.6 Å². The number of nitrogens with zero attached hydrogens (tertiary/aromatic N) is 3. The second-order valence-corrected chi connectivity index (χ2v) is 7.98. The third kappa shape index (κ3) is 4.52. The van der Waals surface area contributed by atoms with Gasteiger partial charge in [0.1, 0.15) is 0 Å². The summed E-state index contributed by atoms with van der Waals surface area (Å²) in [4.78, 5) is 25.3. The standard InChI is InChI=1S/C25H22ClN3O2/c1-17-14-22(28(2)24(17)25(31)19-8-10-20(26)11-9-19)15-21-12-13-23(30)29(27-21)16-18-6-4-3-5-7-18/h3-14H,15-16H2,1-2H3.